The average molecular weight is 337 g/mol. The zero-order chi connectivity index (χ0) is 17.5. The number of primary amides is 1. The van der Waals surface area contributed by atoms with Gasteiger partial charge in [-0.1, -0.05) is 0 Å². The highest BCUT2D eigenvalue weighted by molar-refractivity contribution is 8.00. The van der Waals surface area contributed by atoms with Crippen molar-refractivity contribution >= 4 is 29.4 Å². The van der Waals surface area contributed by atoms with Gasteiger partial charge in [-0.2, -0.15) is 0 Å². The highest BCUT2D eigenvalue weighted by atomic mass is 32.2. The second kappa shape index (κ2) is 9.06. The molecule has 0 saturated carbocycles. The number of Topliss-reactive ketones (excluding diaryl/α,β-unsaturated/α-hetero) is 1. The maximum absolute atomic E-state index is 12.3. The maximum atomic E-state index is 12.3. The fraction of sp³-hybridized carbons (Fsp3) is 0.750. The molecule has 3 atom stereocenters. The number of esters is 1. The molecule has 0 aromatic heterocycles. The standard InChI is InChI=1S/C12H23N3O6S/c1-12(2,3)20-11(19)8(21-15)6(16)9(22-5-4-13)7(17)10(14)18/h7-9,17H,4-5,13,15H2,1-3H3,(H2,14,18). The Morgan fingerprint density at radius 1 is 1.27 bits per heavy atom. The summed E-state index contributed by atoms with van der Waals surface area (Å²) in [6.45, 7) is 4.99. The van der Waals surface area contributed by atoms with Crippen molar-refractivity contribution in [1.82, 2.24) is 0 Å². The lowest BCUT2D eigenvalue weighted by atomic mass is 10.1. The Labute approximate surface area is 132 Å². The van der Waals surface area contributed by atoms with Gasteiger partial charge in [-0.25, -0.2) is 10.7 Å². The van der Waals surface area contributed by atoms with E-state index in [1.165, 1.54) is 0 Å². The predicted octanol–water partition coefficient (Wildman–Crippen LogP) is -1.94. The van der Waals surface area contributed by atoms with Crippen LogP contribution in [0.3, 0.4) is 0 Å². The van der Waals surface area contributed by atoms with E-state index in [1.807, 2.05) is 0 Å². The first-order chi connectivity index (χ1) is 10.0. The summed E-state index contributed by atoms with van der Waals surface area (Å²) in [6, 6.07) is 0. The molecular weight excluding hydrogens is 314 g/mol. The van der Waals surface area contributed by atoms with Crippen LogP contribution in [0.5, 0.6) is 0 Å². The van der Waals surface area contributed by atoms with Crippen molar-refractivity contribution in [3.8, 4) is 0 Å². The average Bonchev–Trinajstić information content (AvgIpc) is 2.37. The molecule has 0 aliphatic heterocycles. The molecular formula is C12H23N3O6S. The zero-order valence-corrected chi connectivity index (χ0v) is 13.6. The van der Waals surface area contributed by atoms with Crippen LogP contribution in [0.25, 0.3) is 0 Å². The molecule has 9 nitrogen and oxygen atoms in total. The Hall–Kier alpha value is -1.20. The van der Waals surface area contributed by atoms with Gasteiger partial charge in [-0.05, 0) is 20.8 Å². The van der Waals surface area contributed by atoms with Crippen molar-refractivity contribution in [3.63, 3.8) is 0 Å². The largest absolute Gasteiger partial charge is 0.458 e. The number of hydrogen-bond acceptors (Lipinski definition) is 9. The number of nitrogens with two attached hydrogens (primary N) is 3. The Morgan fingerprint density at radius 2 is 1.82 bits per heavy atom. The Bertz CT molecular complexity index is 412. The van der Waals surface area contributed by atoms with Crippen LogP contribution >= 0.6 is 11.8 Å². The second-order valence-corrected chi connectivity index (χ2v) is 6.63. The van der Waals surface area contributed by atoms with Crippen LogP contribution in [0.4, 0.5) is 0 Å². The molecule has 0 rings (SSSR count). The first kappa shape index (κ1) is 20.8. The normalized spacial score (nSPS) is 15.7. The van der Waals surface area contributed by atoms with Crippen LogP contribution in [0, 0.1) is 0 Å². The fourth-order valence-electron chi connectivity index (χ4n) is 1.42. The van der Waals surface area contributed by atoms with Gasteiger partial charge < -0.3 is 21.3 Å². The molecule has 0 radical (unpaired) electrons. The number of hydrogen-bond donors (Lipinski definition) is 4. The summed E-state index contributed by atoms with van der Waals surface area (Å²) >= 11 is 0.876. The zero-order valence-electron chi connectivity index (χ0n) is 12.8. The van der Waals surface area contributed by atoms with Crippen LogP contribution in [-0.2, 0) is 24.0 Å². The van der Waals surface area contributed by atoms with E-state index >= 15 is 0 Å². The number of rotatable bonds is 9. The van der Waals surface area contributed by atoms with Crippen LogP contribution < -0.4 is 17.4 Å². The third-order valence-corrected chi connectivity index (χ3v) is 3.61. The van der Waals surface area contributed by atoms with E-state index in [0.29, 0.717) is 0 Å². The fourth-order valence-corrected chi connectivity index (χ4v) is 2.41. The number of aliphatic hydroxyl groups is 1. The molecule has 0 spiro atoms. The molecule has 3 unspecified atom stereocenters. The van der Waals surface area contributed by atoms with E-state index in [-0.39, 0.29) is 12.3 Å². The predicted molar refractivity (Wildman–Crippen MR) is 80.4 cm³/mol. The Morgan fingerprint density at radius 3 is 2.18 bits per heavy atom. The summed E-state index contributed by atoms with van der Waals surface area (Å²) < 4.78 is 5.01. The van der Waals surface area contributed by atoms with Gasteiger partial charge in [0.05, 0.1) is 0 Å². The van der Waals surface area contributed by atoms with Gasteiger partial charge in [-0.3, -0.25) is 14.4 Å². The van der Waals surface area contributed by atoms with Crippen LogP contribution in [0.15, 0.2) is 0 Å². The van der Waals surface area contributed by atoms with E-state index in [0.717, 1.165) is 11.8 Å². The minimum absolute atomic E-state index is 0.195. The van der Waals surface area contributed by atoms with Gasteiger partial charge in [0, 0.05) is 12.3 Å². The Balaban J connectivity index is 5.21. The molecule has 128 valence electrons. The molecule has 0 aromatic rings. The molecule has 10 heteroatoms. The summed E-state index contributed by atoms with van der Waals surface area (Å²) in [4.78, 5) is 39.7. The van der Waals surface area contributed by atoms with Crippen LogP contribution in [0.2, 0.25) is 0 Å². The molecule has 0 aliphatic rings. The molecule has 1 amide bonds. The van der Waals surface area contributed by atoms with Crippen LogP contribution in [-0.4, -0.2) is 58.1 Å². The second-order valence-electron chi connectivity index (χ2n) is 5.38. The van der Waals surface area contributed by atoms with Crippen molar-refractivity contribution in [2.24, 2.45) is 17.4 Å². The highest BCUT2D eigenvalue weighted by Crippen LogP contribution is 2.20. The van der Waals surface area contributed by atoms with E-state index in [1.54, 1.807) is 20.8 Å². The van der Waals surface area contributed by atoms with E-state index in [4.69, 9.17) is 22.1 Å². The lowest BCUT2D eigenvalue weighted by Gasteiger charge is -2.25. The topological polar surface area (TPSA) is 168 Å². The van der Waals surface area contributed by atoms with Crippen molar-refractivity contribution < 1.29 is 29.1 Å². The van der Waals surface area contributed by atoms with Crippen LogP contribution in [0.1, 0.15) is 20.8 Å². The first-order valence-corrected chi connectivity index (χ1v) is 7.51. The van der Waals surface area contributed by atoms with Crippen molar-refractivity contribution in [2.45, 2.75) is 43.8 Å². The van der Waals surface area contributed by atoms with Gasteiger partial charge in [0.15, 0.2) is 11.9 Å². The summed E-state index contributed by atoms with van der Waals surface area (Å²) in [5, 5.41) is 8.41. The summed E-state index contributed by atoms with van der Waals surface area (Å²) in [7, 11) is 0. The molecule has 0 aliphatic carbocycles. The van der Waals surface area contributed by atoms with E-state index < -0.39 is 40.7 Å². The lowest BCUT2D eigenvalue weighted by molar-refractivity contribution is -0.172. The molecule has 0 fully saturated rings. The number of carbonyl (C=O) groups is 3. The minimum Gasteiger partial charge on any atom is -0.458 e. The highest BCUT2D eigenvalue weighted by Gasteiger charge is 2.41. The molecule has 0 bridgehead atoms. The summed E-state index contributed by atoms with van der Waals surface area (Å²) in [5.74, 6) is 2.20. The van der Waals surface area contributed by atoms with Crippen molar-refractivity contribution in [3.05, 3.63) is 0 Å². The molecule has 22 heavy (non-hydrogen) atoms. The molecule has 7 N–H and O–H groups in total. The quantitative estimate of drug-likeness (QED) is 0.212. The maximum Gasteiger partial charge on any atom is 0.345 e. The summed E-state index contributed by atoms with van der Waals surface area (Å²) in [6.07, 6.45) is -3.58. The first-order valence-electron chi connectivity index (χ1n) is 6.46. The van der Waals surface area contributed by atoms with Gasteiger partial charge in [0.25, 0.3) is 0 Å². The number of ketones is 1. The van der Waals surface area contributed by atoms with E-state index in [2.05, 4.69) is 4.84 Å². The van der Waals surface area contributed by atoms with Crippen molar-refractivity contribution in [1.29, 1.82) is 0 Å². The summed E-state index contributed by atoms with van der Waals surface area (Å²) in [5.41, 5.74) is 9.45. The lowest BCUT2D eigenvalue weighted by Crippen LogP contribution is -2.50. The Kier molecular flexibility index (Phi) is 8.56. The van der Waals surface area contributed by atoms with Gasteiger partial charge in [0.1, 0.15) is 10.9 Å². The van der Waals surface area contributed by atoms with Gasteiger partial charge in [0.2, 0.25) is 12.0 Å². The third-order valence-electron chi connectivity index (χ3n) is 2.29. The van der Waals surface area contributed by atoms with Gasteiger partial charge >= 0.3 is 5.97 Å². The minimum atomic E-state index is -1.80. The third kappa shape index (κ3) is 6.71. The number of aliphatic hydroxyl groups excluding tert-OH is 1. The number of ether oxygens (including phenoxy) is 1. The monoisotopic (exact) mass is 337 g/mol. The molecule has 0 heterocycles. The number of amides is 1. The SMILES string of the molecule is CC(C)(C)OC(=O)C(ON)C(=O)C(SCCN)C(O)C(N)=O. The number of carbonyl (C=O) groups excluding carboxylic acids is 3. The van der Waals surface area contributed by atoms with Crippen molar-refractivity contribution in [2.75, 3.05) is 12.3 Å². The smallest absolute Gasteiger partial charge is 0.345 e. The number of thioether (sulfide) groups is 1. The molecule has 0 saturated heterocycles. The molecule has 0 aromatic carbocycles. The van der Waals surface area contributed by atoms with Gasteiger partial charge in [-0.15, -0.1) is 11.8 Å². The van der Waals surface area contributed by atoms with E-state index in [9.17, 15) is 19.5 Å².